The van der Waals surface area contributed by atoms with Gasteiger partial charge in [0.15, 0.2) is 5.82 Å². The lowest BCUT2D eigenvalue weighted by atomic mass is 9.93. The van der Waals surface area contributed by atoms with Gasteiger partial charge in [-0.25, -0.2) is 0 Å². The Morgan fingerprint density at radius 1 is 1.08 bits per heavy atom. The topological polar surface area (TPSA) is 82.8 Å². The Hall–Kier alpha value is -2.74. The van der Waals surface area contributed by atoms with Gasteiger partial charge in [-0.1, -0.05) is 57.5 Å². The van der Waals surface area contributed by atoms with E-state index in [1.807, 2.05) is 48.8 Å². The molecule has 0 radical (unpaired) electrons. The third kappa shape index (κ3) is 5.97. The SMILES string of the molecule is CCC(=O)N1CCC2CCCC(CN(C(=O)CCc3nc(C(C)C)no3)Cc3ccccc31)N2CC. The fourth-order valence-electron chi connectivity index (χ4n) is 5.69. The Balaban J connectivity index is 1.62. The standard InChI is InChI=1S/C28H41N5O3/c1-5-26(34)33-17-16-22-11-9-12-23(32(22)6-2)19-31(18-21-10-7-8-13-24(21)33)27(35)15-14-25-29-28(20(3)4)30-36-25/h7-8,10,13,20,22-23H,5-6,9,11-12,14-19H2,1-4H3. The summed E-state index contributed by atoms with van der Waals surface area (Å²) in [5.74, 6) is 1.59. The molecule has 0 spiro atoms. The molecule has 1 aromatic heterocycles. The molecule has 36 heavy (non-hydrogen) atoms. The summed E-state index contributed by atoms with van der Waals surface area (Å²) in [5, 5.41) is 4.04. The first-order valence-electron chi connectivity index (χ1n) is 13.7. The van der Waals surface area contributed by atoms with Crippen LogP contribution in [0.1, 0.15) is 89.4 Å². The molecule has 2 aliphatic heterocycles. The second-order valence-corrected chi connectivity index (χ2v) is 10.4. The minimum atomic E-state index is 0.0832. The first-order valence-corrected chi connectivity index (χ1v) is 13.7. The van der Waals surface area contributed by atoms with Crippen LogP contribution in [0.25, 0.3) is 0 Å². The van der Waals surface area contributed by atoms with Gasteiger partial charge in [-0.3, -0.25) is 14.5 Å². The smallest absolute Gasteiger partial charge is 0.227 e. The van der Waals surface area contributed by atoms with Gasteiger partial charge in [-0.05, 0) is 37.4 Å². The Morgan fingerprint density at radius 3 is 2.58 bits per heavy atom. The molecule has 4 rings (SSSR count). The van der Waals surface area contributed by atoms with Crippen LogP contribution in [0.4, 0.5) is 5.69 Å². The normalized spacial score (nSPS) is 21.2. The molecule has 3 heterocycles. The Morgan fingerprint density at radius 2 is 1.86 bits per heavy atom. The maximum atomic E-state index is 13.6. The molecule has 2 amide bonds. The summed E-state index contributed by atoms with van der Waals surface area (Å²) in [4.78, 5) is 37.6. The predicted molar refractivity (Wildman–Crippen MR) is 140 cm³/mol. The van der Waals surface area contributed by atoms with Gasteiger partial charge < -0.3 is 14.3 Å². The number of benzene rings is 1. The van der Waals surface area contributed by atoms with E-state index in [1.165, 1.54) is 0 Å². The number of rotatable bonds is 6. The summed E-state index contributed by atoms with van der Waals surface area (Å²) in [6.07, 6.45) is 5.56. The van der Waals surface area contributed by atoms with E-state index in [0.29, 0.717) is 62.7 Å². The van der Waals surface area contributed by atoms with Crippen LogP contribution >= 0.6 is 0 Å². The molecule has 2 bridgehead atoms. The maximum Gasteiger partial charge on any atom is 0.227 e. The molecule has 8 heteroatoms. The van der Waals surface area contributed by atoms with Crippen molar-refractivity contribution >= 4 is 17.5 Å². The zero-order valence-corrected chi connectivity index (χ0v) is 22.3. The highest BCUT2D eigenvalue weighted by Crippen LogP contribution is 2.30. The molecule has 1 aromatic carbocycles. The summed E-state index contributed by atoms with van der Waals surface area (Å²) in [6.45, 7) is 11.0. The number of hydrogen-bond donors (Lipinski definition) is 0. The number of carbonyl (C=O) groups is 2. The van der Waals surface area contributed by atoms with Gasteiger partial charge in [0.25, 0.3) is 0 Å². The van der Waals surface area contributed by atoms with Crippen LogP contribution in [-0.2, 0) is 22.6 Å². The Kier molecular flexibility index (Phi) is 8.77. The molecule has 1 saturated heterocycles. The lowest BCUT2D eigenvalue weighted by Crippen LogP contribution is -2.52. The van der Waals surface area contributed by atoms with Gasteiger partial charge in [0, 0.05) is 62.6 Å². The van der Waals surface area contributed by atoms with Crippen LogP contribution in [0.2, 0.25) is 0 Å². The second kappa shape index (κ2) is 12.0. The molecular formula is C28H41N5O3. The lowest BCUT2D eigenvalue weighted by molar-refractivity contribution is -0.133. The van der Waals surface area contributed by atoms with Crippen molar-refractivity contribution in [3.05, 3.63) is 41.5 Å². The van der Waals surface area contributed by atoms with E-state index in [1.54, 1.807) is 0 Å². The fourth-order valence-corrected chi connectivity index (χ4v) is 5.69. The van der Waals surface area contributed by atoms with Crippen molar-refractivity contribution in [2.45, 2.75) is 97.2 Å². The molecule has 0 aliphatic carbocycles. The number of piperidine rings is 1. The molecule has 0 N–H and O–H groups in total. The molecule has 2 aromatic rings. The van der Waals surface area contributed by atoms with Crippen LogP contribution < -0.4 is 4.90 Å². The van der Waals surface area contributed by atoms with Crippen LogP contribution in [-0.4, -0.2) is 63.5 Å². The van der Waals surface area contributed by atoms with E-state index >= 15 is 0 Å². The lowest BCUT2D eigenvalue weighted by Gasteiger charge is -2.43. The number of amides is 2. The number of carbonyl (C=O) groups excluding carboxylic acids is 2. The number of anilines is 1. The largest absolute Gasteiger partial charge is 0.339 e. The van der Waals surface area contributed by atoms with Gasteiger partial charge in [0.1, 0.15) is 0 Å². The highest BCUT2D eigenvalue weighted by Gasteiger charge is 2.33. The van der Waals surface area contributed by atoms with Crippen LogP contribution in [0.15, 0.2) is 28.8 Å². The van der Waals surface area contributed by atoms with E-state index < -0.39 is 0 Å². The fraction of sp³-hybridized carbons (Fsp3) is 0.643. The first-order chi connectivity index (χ1) is 17.4. The predicted octanol–water partition coefficient (Wildman–Crippen LogP) is 4.54. The summed E-state index contributed by atoms with van der Waals surface area (Å²) in [5.41, 5.74) is 1.95. The molecule has 196 valence electrons. The number of para-hydroxylation sites is 1. The van der Waals surface area contributed by atoms with Crippen LogP contribution in [0, 0.1) is 0 Å². The first kappa shape index (κ1) is 26.3. The number of nitrogens with zero attached hydrogens (tertiary/aromatic N) is 5. The second-order valence-electron chi connectivity index (χ2n) is 10.4. The van der Waals surface area contributed by atoms with Crippen LogP contribution in [0.5, 0.6) is 0 Å². The maximum absolute atomic E-state index is 13.6. The molecular weight excluding hydrogens is 454 g/mol. The van der Waals surface area contributed by atoms with Gasteiger partial charge in [0.05, 0.1) is 0 Å². The Bertz CT molecular complexity index is 1040. The third-order valence-corrected chi connectivity index (χ3v) is 7.65. The number of fused-ring (bicyclic) bond motifs is 3. The van der Waals surface area contributed by atoms with Crippen molar-refractivity contribution in [3.63, 3.8) is 0 Å². The van der Waals surface area contributed by atoms with E-state index in [9.17, 15) is 9.59 Å². The molecule has 2 aliphatic rings. The minimum absolute atomic E-state index is 0.0832. The van der Waals surface area contributed by atoms with Crippen molar-refractivity contribution in [1.29, 1.82) is 0 Å². The summed E-state index contributed by atoms with van der Waals surface area (Å²) in [6, 6.07) is 8.82. The number of aromatic nitrogens is 2. The third-order valence-electron chi connectivity index (χ3n) is 7.65. The van der Waals surface area contributed by atoms with Crippen molar-refractivity contribution in [2.24, 2.45) is 0 Å². The molecule has 2 unspecified atom stereocenters. The van der Waals surface area contributed by atoms with Gasteiger partial charge in [-0.15, -0.1) is 0 Å². The average molecular weight is 496 g/mol. The van der Waals surface area contributed by atoms with Gasteiger partial charge in [-0.2, -0.15) is 4.98 Å². The van der Waals surface area contributed by atoms with E-state index in [4.69, 9.17) is 4.52 Å². The minimum Gasteiger partial charge on any atom is -0.339 e. The van der Waals surface area contributed by atoms with Crippen LogP contribution in [0.3, 0.4) is 0 Å². The molecule has 0 saturated carbocycles. The highest BCUT2D eigenvalue weighted by molar-refractivity contribution is 5.94. The van der Waals surface area contributed by atoms with E-state index in [2.05, 4.69) is 28.0 Å². The molecule has 8 nitrogen and oxygen atoms in total. The molecule has 2 atom stereocenters. The summed E-state index contributed by atoms with van der Waals surface area (Å²) < 4.78 is 5.39. The van der Waals surface area contributed by atoms with Crippen molar-refractivity contribution in [3.8, 4) is 0 Å². The highest BCUT2D eigenvalue weighted by atomic mass is 16.5. The van der Waals surface area contributed by atoms with Gasteiger partial charge >= 0.3 is 0 Å². The average Bonchev–Trinajstić information content (AvgIpc) is 3.36. The number of hydrogen-bond acceptors (Lipinski definition) is 6. The monoisotopic (exact) mass is 495 g/mol. The van der Waals surface area contributed by atoms with Gasteiger partial charge in [0.2, 0.25) is 17.7 Å². The quantitative estimate of drug-likeness (QED) is 0.585. The number of aryl methyl sites for hydroxylation is 1. The zero-order chi connectivity index (χ0) is 25.7. The van der Waals surface area contributed by atoms with Crippen molar-refractivity contribution < 1.29 is 14.1 Å². The molecule has 1 fully saturated rings. The summed E-state index contributed by atoms with van der Waals surface area (Å²) >= 11 is 0. The van der Waals surface area contributed by atoms with E-state index in [-0.39, 0.29) is 17.7 Å². The van der Waals surface area contributed by atoms with E-state index in [0.717, 1.165) is 43.5 Å². The zero-order valence-electron chi connectivity index (χ0n) is 22.3. The van der Waals surface area contributed by atoms with Crippen molar-refractivity contribution in [2.75, 3.05) is 24.5 Å². The Labute approximate surface area is 215 Å². The number of likely N-dealkylation sites (N-methyl/N-ethyl adjacent to an activating group) is 1. The summed E-state index contributed by atoms with van der Waals surface area (Å²) in [7, 11) is 0. The van der Waals surface area contributed by atoms with Crippen molar-refractivity contribution in [1.82, 2.24) is 19.9 Å².